The molecule has 0 aliphatic carbocycles. The lowest BCUT2D eigenvalue weighted by molar-refractivity contribution is 0.406. The molecule has 0 fully saturated rings. The first-order valence-corrected chi connectivity index (χ1v) is 7.45. The summed E-state index contributed by atoms with van der Waals surface area (Å²) < 4.78 is 32.9. The summed E-state index contributed by atoms with van der Waals surface area (Å²) in [6.45, 7) is 4.16. The highest BCUT2D eigenvalue weighted by atomic mass is 79.9. The Bertz CT molecular complexity index is 571. The van der Waals surface area contributed by atoms with Crippen LogP contribution in [0.2, 0.25) is 0 Å². The first-order chi connectivity index (χ1) is 9.51. The molecule has 20 heavy (non-hydrogen) atoms. The van der Waals surface area contributed by atoms with Crippen molar-refractivity contribution in [3.05, 3.63) is 59.2 Å². The van der Waals surface area contributed by atoms with Crippen molar-refractivity contribution in [2.45, 2.75) is 25.1 Å². The molecule has 0 radical (unpaired) electrons. The molecule has 0 amide bonds. The van der Waals surface area contributed by atoms with Crippen molar-refractivity contribution in [3.63, 3.8) is 0 Å². The van der Waals surface area contributed by atoms with Gasteiger partial charge in [-0.25, -0.2) is 8.78 Å². The van der Waals surface area contributed by atoms with E-state index in [1.807, 2.05) is 12.1 Å². The number of benzene rings is 2. The van der Waals surface area contributed by atoms with Crippen molar-refractivity contribution in [1.82, 2.24) is 0 Å². The van der Waals surface area contributed by atoms with Gasteiger partial charge in [0, 0.05) is 5.33 Å². The van der Waals surface area contributed by atoms with Gasteiger partial charge in [0.2, 0.25) is 0 Å². The Morgan fingerprint density at radius 1 is 1.05 bits per heavy atom. The standard InChI is InChI=1S/C16H15BrF2O/c1-10(2)12-3-5-13(6-4-12)20-16-14(18)7-11(9-17)8-15(16)19/h3-8,10H,9H2,1-2H3. The van der Waals surface area contributed by atoms with Crippen LogP contribution in [-0.4, -0.2) is 0 Å². The predicted molar refractivity (Wildman–Crippen MR) is 79.6 cm³/mol. The first-order valence-electron chi connectivity index (χ1n) is 6.33. The van der Waals surface area contributed by atoms with E-state index < -0.39 is 11.6 Å². The average Bonchev–Trinajstić information content (AvgIpc) is 2.43. The highest BCUT2D eigenvalue weighted by molar-refractivity contribution is 9.08. The summed E-state index contributed by atoms with van der Waals surface area (Å²) in [6, 6.07) is 9.73. The Morgan fingerprint density at radius 3 is 2.05 bits per heavy atom. The summed E-state index contributed by atoms with van der Waals surface area (Å²) in [7, 11) is 0. The van der Waals surface area contributed by atoms with Gasteiger partial charge in [0.05, 0.1) is 0 Å². The van der Waals surface area contributed by atoms with Crippen LogP contribution in [-0.2, 0) is 5.33 Å². The minimum absolute atomic E-state index is 0.369. The van der Waals surface area contributed by atoms with Gasteiger partial charge in [-0.2, -0.15) is 0 Å². The van der Waals surface area contributed by atoms with E-state index in [1.54, 1.807) is 12.1 Å². The molecule has 0 bridgehead atoms. The van der Waals surface area contributed by atoms with Crippen LogP contribution >= 0.6 is 15.9 Å². The third-order valence-corrected chi connectivity index (χ3v) is 3.63. The minimum Gasteiger partial charge on any atom is -0.451 e. The topological polar surface area (TPSA) is 9.23 Å². The highest BCUT2D eigenvalue weighted by Gasteiger charge is 2.13. The number of ether oxygens (including phenoxy) is 1. The van der Waals surface area contributed by atoms with Gasteiger partial charge in [-0.1, -0.05) is 41.9 Å². The average molecular weight is 341 g/mol. The van der Waals surface area contributed by atoms with Crippen LogP contribution in [0.15, 0.2) is 36.4 Å². The molecule has 0 spiro atoms. The Kier molecular flexibility index (Phi) is 4.76. The van der Waals surface area contributed by atoms with Gasteiger partial charge >= 0.3 is 0 Å². The van der Waals surface area contributed by atoms with Gasteiger partial charge in [-0.15, -0.1) is 0 Å². The van der Waals surface area contributed by atoms with Crippen molar-refractivity contribution in [1.29, 1.82) is 0 Å². The van der Waals surface area contributed by atoms with Crippen LogP contribution in [0.25, 0.3) is 0 Å². The number of hydrogen-bond donors (Lipinski definition) is 0. The molecule has 1 nitrogen and oxygen atoms in total. The third-order valence-electron chi connectivity index (χ3n) is 2.98. The van der Waals surface area contributed by atoms with E-state index >= 15 is 0 Å². The van der Waals surface area contributed by atoms with E-state index in [4.69, 9.17) is 4.74 Å². The molecule has 0 saturated heterocycles. The molecular formula is C16H15BrF2O. The zero-order valence-corrected chi connectivity index (χ0v) is 12.9. The quantitative estimate of drug-likeness (QED) is 0.641. The van der Waals surface area contributed by atoms with Crippen LogP contribution in [0.4, 0.5) is 8.78 Å². The maximum absolute atomic E-state index is 13.8. The van der Waals surface area contributed by atoms with E-state index in [0.29, 0.717) is 22.6 Å². The molecule has 0 heterocycles. The van der Waals surface area contributed by atoms with Crippen LogP contribution in [0.3, 0.4) is 0 Å². The second kappa shape index (κ2) is 6.35. The summed E-state index contributed by atoms with van der Waals surface area (Å²) in [5.41, 5.74) is 1.68. The molecule has 0 atom stereocenters. The van der Waals surface area contributed by atoms with Crippen LogP contribution < -0.4 is 4.74 Å². The molecule has 0 aliphatic heterocycles. The Morgan fingerprint density at radius 2 is 1.60 bits per heavy atom. The first kappa shape index (κ1) is 15.0. The fourth-order valence-electron chi connectivity index (χ4n) is 1.83. The van der Waals surface area contributed by atoms with Gasteiger partial charge in [0.1, 0.15) is 5.75 Å². The lowest BCUT2D eigenvalue weighted by Crippen LogP contribution is -1.95. The van der Waals surface area contributed by atoms with E-state index in [2.05, 4.69) is 29.8 Å². The lowest BCUT2D eigenvalue weighted by Gasteiger charge is -2.10. The van der Waals surface area contributed by atoms with E-state index in [1.165, 1.54) is 12.1 Å². The zero-order chi connectivity index (χ0) is 14.7. The van der Waals surface area contributed by atoms with Crippen molar-refractivity contribution < 1.29 is 13.5 Å². The Hall–Kier alpha value is -1.42. The molecule has 106 valence electrons. The normalized spacial score (nSPS) is 10.9. The number of rotatable bonds is 4. The fraction of sp³-hybridized carbons (Fsp3) is 0.250. The third kappa shape index (κ3) is 3.37. The smallest absolute Gasteiger partial charge is 0.198 e. The number of hydrogen-bond acceptors (Lipinski definition) is 1. The monoisotopic (exact) mass is 340 g/mol. The largest absolute Gasteiger partial charge is 0.451 e. The van der Waals surface area contributed by atoms with Gasteiger partial charge < -0.3 is 4.74 Å². The lowest BCUT2D eigenvalue weighted by atomic mass is 10.0. The van der Waals surface area contributed by atoms with Gasteiger partial charge in [-0.05, 0) is 41.3 Å². The summed E-state index contributed by atoms with van der Waals surface area (Å²) in [5.74, 6) is -0.957. The SMILES string of the molecule is CC(C)c1ccc(Oc2c(F)cc(CBr)cc2F)cc1. The van der Waals surface area contributed by atoms with E-state index in [-0.39, 0.29) is 5.75 Å². The molecule has 0 aliphatic rings. The van der Waals surface area contributed by atoms with Gasteiger partial charge in [0.25, 0.3) is 0 Å². The number of alkyl halides is 1. The second-order valence-electron chi connectivity index (χ2n) is 4.85. The van der Waals surface area contributed by atoms with Gasteiger partial charge in [-0.3, -0.25) is 0 Å². The van der Waals surface area contributed by atoms with Crippen LogP contribution in [0.1, 0.15) is 30.9 Å². The predicted octanol–water partition coefficient (Wildman–Crippen LogP) is 5.78. The van der Waals surface area contributed by atoms with Crippen molar-refractivity contribution in [2.24, 2.45) is 0 Å². The molecule has 0 aromatic heterocycles. The highest BCUT2D eigenvalue weighted by Crippen LogP contribution is 2.30. The summed E-state index contributed by atoms with van der Waals surface area (Å²) in [4.78, 5) is 0. The molecule has 0 N–H and O–H groups in total. The maximum atomic E-state index is 13.8. The fourth-order valence-corrected chi connectivity index (χ4v) is 2.15. The molecule has 4 heteroatoms. The summed E-state index contributed by atoms with van der Waals surface area (Å²) in [6.07, 6.45) is 0. The van der Waals surface area contributed by atoms with Crippen LogP contribution in [0, 0.1) is 11.6 Å². The van der Waals surface area contributed by atoms with Crippen molar-refractivity contribution in [2.75, 3.05) is 0 Å². The van der Waals surface area contributed by atoms with Gasteiger partial charge in [0.15, 0.2) is 17.4 Å². The molecule has 2 aromatic carbocycles. The molecule has 0 saturated carbocycles. The Labute approximate surface area is 125 Å². The minimum atomic E-state index is -0.701. The summed E-state index contributed by atoms with van der Waals surface area (Å²) >= 11 is 3.16. The van der Waals surface area contributed by atoms with Crippen molar-refractivity contribution in [3.8, 4) is 11.5 Å². The summed E-state index contributed by atoms with van der Waals surface area (Å²) in [5, 5.41) is 0.393. The second-order valence-corrected chi connectivity index (χ2v) is 5.41. The number of halogens is 3. The van der Waals surface area contributed by atoms with Crippen LogP contribution in [0.5, 0.6) is 11.5 Å². The Balaban J connectivity index is 2.26. The van der Waals surface area contributed by atoms with E-state index in [0.717, 1.165) is 5.56 Å². The molecule has 2 rings (SSSR count). The molecule has 2 aromatic rings. The van der Waals surface area contributed by atoms with E-state index in [9.17, 15) is 8.78 Å². The molecule has 0 unspecified atom stereocenters. The van der Waals surface area contributed by atoms with Crippen molar-refractivity contribution >= 4 is 15.9 Å². The maximum Gasteiger partial charge on any atom is 0.198 e. The zero-order valence-electron chi connectivity index (χ0n) is 11.3. The molecular weight excluding hydrogens is 326 g/mol.